The summed E-state index contributed by atoms with van der Waals surface area (Å²) in [5, 5.41) is 15.0. The van der Waals surface area contributed by atoms with Crippen LogP contribution in [0.5, 0.6) is 0 Å². The molecule has 0 aliphatic heterocycles. The smallest absolute Gasteiger partial charge is 0.305 e. The molecule has 0 saturated carbocycles. The lowest BCUT2D eigenvalue weighted by Crippen LogP contribution is -2.29. The normalized spacial score (nSPS) is 11.4. The summed E-state index contributed by atoms with van der Waals surface area (Å²) in [5.41, 5.74) is 2.68. The molecule has 0 radical (unpaired) electrons. The minimum absolute atomic E-state index is 0.124. The van der Waals surface area contributed by atoms with Crippen LogP contribution in [0.15, 0.2) is 155 Å². The summed E-state index contributed by atoms with van der Waals surface area (Å²) in [6.45, 7) is 2.03. The van der Waals surface area contributed by atoms with Gasteiger partial charge in [-0.3, -0.25) is 4.79 Å². The molecule has 8 nitrogen and oxygen atoms in total. The lowest BCUT2D eigenvalue weighted by atomic mass is 10.2. The van der Waals surface area contributed by atoms with Crippen LogP contribution >= 0.6 is 7.05 Å². The lowest BCUT2D eigenvalue weighted by molar-refractivity contribution is 0.815. The molecule has 0 unspecified atom stereocenters. The summed E-state index contributed by atoms with van der Waals surface area (Å²) < 4.78 is 2.96. The molecule has 214 valence electrons. The van der Waals surface area contributed by atoms with Crippen LogP contribution < -0.4 is 26.8 Å². The van der Waals surface area contributed by atoms with Gasteiger partial charge < -0.3 is 5.32 Å². The van der Waals surface area contributed by atoms with Crippen LogP contribution in [0.3, 0.4) is 0 Å². The zero-order valence-corrected chi connectivity index (χ0v) is 24.8. The highest BCUT2D eigenvalue weighted by Gasteiger charge is 2.30. The van der Waals surface area contributed by atoms with Crippen molar-refractivity contribution < 1.29 is 0 Å². The molecule has 0 atom stereocenters. The monoisotopic (exact) mass is 593 g/mol. The van der Waals surface area contributed by atoms with Gasteiger partial charge in [0.1, 0.15) is 0 Å². The number of aromatic nitrogens is 5. The molecule has 5 aromatic carbocycles. The standard InChI is InChI=1S/C35H28N7OP/c1-26-22-24-27(25-23-26)36-35-37-33-32(38-39-41(33)28-14-6-2-7-15-28)34(43)42(35)40-44(29-16-8-3-9-17-29,30-18-10-4-11-19-30)31-20-12-5-13-21-31/h2-25H,1H3,(H,36,37). The number of nitrogens with one attached hydrogen (secondary N) is 1. The first-order valence-electron chi connectivity index (χ1n) is 14.2. The summed E-state index contributed by atoms with van der Waals surface area (Å²) in [6, 6.07) is 47.9. The van der Waals surface area contributed by atoms with Crippen molar-refractivity contribution in [3.63, 3.8) is 0 Å². The molecule has 1 N–H and O–H groups in total. The van der Waals surface area contributed by atoms with Gasteiger partial charge in [-0.05, 0) is 31.2 Å². The van der Waals surface area contributed by atoms with E-state index in [1.807, 2.05) is 116 Å². The fourth-order valence-electron chi connectivity index (χ4n) is 5.20. The van der Waals surface area contributed by atoms with Gasteiger partial charge in [-0.1, -0.05) is 132 Å². The molecule has 7 rings (SSSR count). The predicted octanol–water partition coefficient (Wildman–Crippen LogP) is 5.97. The highest BCUT2D eigenvalue weighted by atomic mass is 31.2. The van der Waals surface area contributed by atoms with Crippen LogP contribution in [-0.4, -0.2) is 24.7 Å². The molecule has 0 spiro atoms. The minimum atomic E-state index is -2.82. The third kappa shape index (κ3) is 4.91. The zero-order valence-electron chi connectivity index (χ0n) is 23.9. The van der Waals surface area contributed by atoms with E-state index in [0.717, 1.165) is 32.9 Å². The summed E-state index contributed by atoms with van der Waals surface area (Å²) >= 11 is 0. The van der Waals surface area contributed by atoms with Gasteiger partial charge in [0.05, 0.1) is 12.7 Å². The van der Waals surface area contributed by atoms with E-state index in [4.69, 9.17) is 9.84 Å². The van der Waals surface area contributed by atoms with Crippen LogP contribution in [-0.2, 0) is 0 Å². The van der Waals surface area contributed by atoms with E-state index >= 15 is 0 Å². The van der Waals surface area contributed by atoms with Crippen LogP contribution in [0.25, 0.3) is 16.9 Å². The number of rotatable bonds is 7. The molecule has 9 heteroatoms. The maximum absolute atomic E-state index is 14.5. The average molecular weight is 594 g/mol. The third-order valence-corrected chi connectivity index (χ3v) is 11.0. The average Bonchev–Trinajstić information content (AvgIpc) is 3.52. The van der Waals surface area contributed by atoms with Crippen LogP contribution in [0.2, 0.25) is 0 Å². The van der Waals surface area contributed by atoms with E-state index in [-0.39, 0.29) is 11.5 Å². The van der Waals surface area contributed by atoms with E-state index in [9.17, 15) is 4.79 Å². The van der Waals surface area contributed by atoms with Crippen molar-refractivity contribution in [3.05, 3.63) is 162 Å². The predicted molar refractivity (Wildman–Crippen MR) is 178 cm³/mol. The molecule has 44 heavy (non-hydrogen) atoms. The Morgan fingerprint density at radius 2 is 1.16 bits per heavy atom. The number of nitrogens with zero attached hydrogens (tertiary/aromatic N) is 6. The van der Waals surface area contributed by atoms with Crippen molar-refractivity contribution in [1.29, 1.82) is 0 Å². The maximum Gasteiger partial charge on any atom is 0.305 e. The molecule has 0 saturated heterocycles. The van der Waals surface area contributed by atoms with Gasteiger partial charge in [-0.2, -0.15) is 19.2 Å². The van der Waals surface area contributed by atoms with Crippen LogP contribution in [0.1, 0.15) is 5.56 Å². The van der Waals surface area contributed by atoms with Gasteiger partial charge in [0.25, 0.3) is 0 Å². The first-order chi connectivity index (χ1) is 21.6. The number of aryl methyl sites for hydroxylation is 1. The highest BCUT2D eigenvalue weighted by molar-refractivity contribution is 7.87. The second-order valence-electron chi connectivity index (χ2n) is 10.3. The Balaban J connectivity index is 1.60. The fourth-order valence-corrected chi connectivity index (χ4v) is 8.65. The Morgan fingerprint density at radius 1 is 0.659 bits per heavy atom. The van der Waals surface area contributed by atoms with E-state index in [2.05, 4.69) is 52.0 Å². The number of hydrogen-bond acceptors (Lipinski definition) is 6. The van der Waals surface area contributed by atoms with Crippen molar-refractivity contribution in [2.24, 2.45) is 4.85 Å². The molecule has 0 amide bonds. The molecular formula is C35H28N7OP. The molecule has 0 aliphatic carbocycles. The van der Waals surface area contributed by atoms with Gasteiger partial charge in [0.15, 0.2) is 11.2 Å². The molecule has 7 aromatic rings. The van der Waals surface area contributed by atoms with Gasteiger partial charge in [-0.15, -0.1) is 5.10 Å². The van der Waals surface area contributed by atoms with Crippen molar-refractivity contribution in [1.82, 2.24) is 24.7 Å². The number of benzene rings is 5. The zero-order chi connectivity index (χ0) is 29.9. The van der Waals surface area contributed by atoms with Gasteiger partial charge in [0, 0.05) is 21.6 Å². The molecule has 0 aliphatic rings. The largest absolute Gasteiger partial charge is 0.324 e. The SMILES string of the molecule is Cc1ccc(Nc2nc3c(nnn3-c3ccccc3)c(=O)n2N=P(c2ccccc2)(c2ccccc2)c2ccccc2)cc1. The van der Waals surface area contributed by atoms with E-state index < -0.39 is 12.6 Å². The molecular weight excluding hydrogens is 565 g/mol. The Hall–Kier alpha value is -5.59. The molecule has 2 heterocycles. The molecule has 0 fully saturated rings. The second kappa shape index (κ2) is 11.6. The first-order valence-corrected chi connectivity index (χ1v) is 15.9. The van der Waals surface area contributed by atoms with Gasteiger partial charge in [0.2, 0.25) is 5.95 Å². The fraction of sp³-hybridized carbons (Fsp3) is 0.0286. The Kier molecular flexibility index (Phi) is 7.18. The van der Waals surface area contributed by atoms with Crippen molar-refractivity contribution in [2.75, 3.05) is 5.32 Å². The number of hydrogen-bond donors (Lipinski definition) is 1. The van der Waals surface area contributed by atoms with E-state index in [1.165, 1.54) is 4.68 Å². The van der Waals surface area contributed by atoms with Crippen molar-refractivity contribution in [2.45, 2.75) is 6.92 Å². The summed E-state index contributed by atoms with van der Waals surface area (Å²) in [4.78, 5) is 24.9. The maximum atomic E-state index is 14.5. The van der Waals surface area contributed by atoms with Crippen molar-refractivity contribution >= 4 is 45.8 Å². The number of para-hydroxylation sites is 1. The minimum Gasteiger partial charge on any atom is -0.324 e. The summed E-state index contributed by atoms with van der Waals surface area (Å²) in [6.07, 6.45) is 0. The Morgan fingerprint density at radius 3 is 1.68 bits per heavy atom. The van der Waals surface area contributed by atoms with E-state index in [1.54, 1.807) is 4.68 Å². The molecule has 0 bridgehead atoms. The topological polar surface area (TPSA) is 90.0 Å². The Labute approximate surface area is 254 Å². The van der Waals surface area contributed by atoms with Crippen LogP contribution in [0, 0.1) is 6.92 Å². The quantitative estimate of drug-likeness (QED) is 0.230. The third-order valence-electron chi connectivity index (χ3n) is 7.38. The van der Waals surface area contributed by atoms with Crippen molar-refractivity contribution in [3.8, 4) is 5.69 Å². The van der Waals surface area contributed by atoms with Gasteiger partial charge in [-0.25, -0.2) is 0 Å². The first kappa shape index (κ1) is 27.3. The van der Waals surface area contributed by atoms with Crippen LogP contribution in [0.4, 0.5) is 11.6 Å². The number of fused-ring (bicyclic) bond motifs is 1. The number of anilines is 2. The Bertz CT molecular complexity index is 2060. The van der Waals surface area contributed by atoms with Gasteiger partial charge >= 0.3 is 5.56 Å². The summed E-state index contributed by atoms with van der Waals surface area (Å²) in [7, 11) is -2.82. The van der Waals surface area contributed by atoms with E-state index in [0.29, 0.717) is 5.65 Å². The lowest BCUT2D eigenvalue weighted by Gasteiger charge is -2.27. The highest BCUT2D eigenvalue weighted by Crippen LogP contribution is 2.46. The molecule has 2 aromatic heterocycles. The second-order valence-corrected chi connectivity index (χ2v) is 13.3. The summed E-state index contributed by atoms with van der Waals surface area (Å²) in [5.74, 6) is 0.262.